The van der Waals surface area contributed by atoms with Crippen LogP contribution < -0.4 is 10.6 Å². The third kappa shape index (κ3) is 3.52. The summed E-state index contributed by atoms with van der Waals surface area (Å²) >= 11 is 0. The van der Waals surface area contributed by atoms with E-state index in [0.29, 0.717) is 45.0 Å². The van der Waals surface area contributed by atoms with Gasteiger partial charge >= 0.3 is 6.03 Å². The van der Waals surface area contributed by atoms with E-state index in [0.717, 1.165) is 29.5 Å². The molecule has 0 bridgehead atoms. The highest BCUT2D eigenvalue weighted by molar-refractivity contribution is 6.01. The lowest BCUT2D eigenvalue weighted by Crippen LogP contribution is -2.54. The molecule has 2 aliphatic rings. The first kappa shape index (κ1) is 17.5. The fourth-order valence-electron chi connectivity index (χ4n) is 3.65. The van der Waals surface area contributed by atoms with Crippen LogP contribution in [0.4, 0.5) is 10.5 Å². The summed E-state index contributed by atoms with van der Waals surface area (Å²) in [5.74, 6) is -0.444. The summed E-state index contributed by atoms with van der Waals surface area (Å²) in [6, 6.07) is 5.49. The van der Waals surface area contributed by atoms with Gasteiger partial charge in [0, 0.05) is 61.8 Å². The Hall–Kier alpha value is -2.87. The molecule has 8 heteroatoms. The quantitative estimate of drug-likeness (QED) is 0.849. The fourth-order valence-corrected chi connectivity index (χ4v) is 3.65. The number of fused-ring (bicyclic) bond motifs is 1. The van der Waals surface area contributed by atoms with Gasteiger partial charge in [-0.3, -0.25) is 9.78 Å². The predicted molar refractivity (Wildman–Crippen MR) is 102 cm³/mol. The minimum absolute atomic E-state index is 0.0880. The van der Waals surface area contributed by atoms with Gasteiger partial charge in [-0.25, -0.2) is 4.79 Å². The molecule has 2 N–H and O–H groups in total. The van der Waals surface area contributed by atoms with E-state index in [1.807, 2.05) is 28.1 Å². The summed E-state index contributed by atoms with van der Waals surface area (Å²) in [5.41, 5.74) is 6.88. The number of nitrogens with zero attached hydrogens (tertiary/aromatic N) is 4. The highest BCUT2D eigenvalue weighted by atomic mass is 16.5. The molecule has 0 saturated carbocycles. The highest BCUT2D eigenvalue weighted by Crippen LogP contribution is 2.27. The molecule has 0 aliphatic carbocycles. The molecule has 3 amide bonds. The zero-order chi connectivity index (χ0) is 18.8. The van der Waals surface area contributed by atoms with Gasteiger partial charge in [0.15, 0.2) is 0 Å². The average molecular weight is 369 g/mol. The second-order valence-corrected chi connectivity index (χ2v) is 6.81. The van der Waals surface area contributed by atoms with E-state index >= 15 is 0 Å². The topological polar surface area (TPSA) is 92.0 Å². The minimum atomic E-state index is -0.444. The Labute approximate surface area is 157 Å². The van der Waals surface area contributed by atoms with Crippen LogP contribution in [0.3, 0.4) is 0 Å². The van der Waals surface area contributed by atoms with Crippen LogP contribution in [-0.2, 0) is 4.74 Å². The molecular formula is C19H23N5O3. The number of rotatable bonds is 2. The molecule has 0 radical (unpaired) electrons. The number of benzene rings is 1. The Kier molecular flexibility index (Phi) is 4.81. The van der Waals surface area contributed by atoms with E-state index in [9.17, 15) is 9.59 Å². The summed E-state index contributed by atoms with van der Waals surface area (Å²) in [7, 11) is 0. The smallest absolute Gasteiger partial charge is 0.320 e. The number of piperazine rings is 1. The van der Waals surface area contributed by atoms with Crippen LogP contribution in [0.2, 0.25) is 0 Å². The molecule has 0 unspecified atom stereocenters. The van der Waals surface area contributed by atoms with Gasteiger partial charge < -0.3 is 25.2 Å². The maximum Gasteiger partial charge on any atom is 0.320 e. The molecule has 0 atom stereocenters. The van der Waals surface area contributed by atoms with Crippen LogP contribution in [0.15, 0.2) is 30.6 Å². The van der Waals surface area contributed by atoms with E-state index in [-0.39, 0.29) is 6.03 Å². The molecule has 1 aromatic heterocycles. The van der Waals surface area contributed by atoms with Gasteiger partial charge in [-0.05, 0) is 12.1 Å². The Morgan fingerprint density at radius 2 is 1.67 bits per heavy atom. The van der Waals surface area contributed by atoms with Crippen molar-refractivity contribution >= 4 is 28.4 Å². The minimum Gasteiger partial charge on any atom is -0.378 e. The average Bonchev–Trinajstić information content (AvgIpc) is 2.73. The molecule has 2 saturated heterocycles. The predicted octanol–water partition coefficient (Wildman–Crippen LogP) is 0.908. The van der Waals surface area contributed by atoms with Crippen LogP contribution in [0.5, 0.6) is 0 Å². The first-order valence-corrected chi connectivity index (χ1v) is 9.17. The standard InChI is InChI=1S/C19H23N5O3/c20-18(25)14-1-2-15-12-21-13-17(16(15)11-14)22-3-5-23(6-4-22)19(26)24-7-9-27-10-8-24/h1-2,11-13H,3-10H2,(H2,20,25). The number of hydrogen-bond acceptors (Lipinski definition) is 5. The third-order valence-corrected chi connectivity index (χ3v) is 5.20. The lowest BCUT2D eigenvalue weighted by atomic mass is 10.1. The van der Waals surface area contributed by atoms with E-state index < -0.39 is 5.91 Å². The maximum atomic E-state index is 12.6. The van der Waals surface area contributed by atoms with Gasteiger partial charge in [0.1, 0.15) is 0 Å². The van der Waals surface area contributed by atoms with Crippen molar-refractivity contribution in [1.82, 2.24) is 14.8 Å². The Morgan fingerprint density at radius 3 is 2.37 bits per heavy atom. The monoisotopic (exact) mass is 369 g/mol. The van der Waals surface area contributed by atoms with Gasteiger partial charge in [0.05, 0.1) is 25.1 Å². The molecule has 2 fully saturated rings. The van der Waals surface area contributed by atoms with Gasteiger partial charge in [-0.1, -0.05) is 6.07 Å². The van der Waals surface area contributed by atoms with Crippen molar-refractivity contribution in [3.63, 3.8) is 0 Å². The summed E-state index contributed by atoms with van der Waals surface area (Å²) in [6.07, 6.45) is 3.59. The van der Waals surface area contributed by atoms with Crippen LogP contribution in [0.1, 0.15) is 10.4 Å². The molecule has 1 aromatic carbocycles. The van der Waals surface area contributed by atoms with Crippen LogP contribution in [0.25, 0.3) is 10.8 Å². The van der Waals surface area contributed by atoms with Crippen LogP contribution >= 0.6 is 0 Å². The first-order valence-electron chi connectivity index (χ1n) is 9.17. The summed E-state index contributed by atoms with van der Waals surface area (Å²) < 4.78 is 5.32. The van der Waals surface area contributed by atoms with E-state index in [1.165, 1.54) is 0 Å². The summed E-state index contributed by atoms with van der Waals surface area (Å²) in [6.45, 7) is 5.27. The normalized spacial score (nSPS) is 18.0. The number of hydrogen-bond donors (Lipinski definition) is 1. The Balaban J connectivity index is 1.50. The van der Waals surface area contributed by atoms with Gasteiger partial charge in [0.2, 0.25) is 5.91 Å². The molecule has 142 valence electrons. The number of aromatic nitrogens is 1. The van der Waals surface area contributed by atoms with Crippen molar-refractivity contribution in [1.29, 1.82) is 0 Å². The Bertz CT molecular complexity index is 858. The van der Waals surface area contributed by atoms with Crippen LogP contribution in [0, 0.1) is 0 Å². The van der Waals surface area contributed by atoms with E-state index in [4.69, 9.17) is 10.5 Å². The van der Waals surface area contributed by atoms with Gasteiger partial charge in [0.25, 0.3) is 0 Å². The molecular weight excluding hydrogens is 346 g/mol. The van der Waals surface area contributed by atoms with Crippen molar-refractivity contribution in [2.75, 3.05) is 57.4 Å². The molecule has 0 spiro atoms. The highest BCUT2D eigenvalue weighted by Gasteiger charge is 2.27. The molecule has 4 rings (SSSR count). The van der Waals surface area contributed by atoms with Crippen molar-refractivity contribution in [2.45, 2.75) is 0 Å². The number of primary amides is 1. The molecule has 27 heavy (non-hydrogen) atoms. The van der Waals surface area contributed by atoms with Crippen molar-refractivity contribution in [3.05, 3.63) is 36.2 Å². The van der Waals surface area contributed by atoms with Crippen molar-refractivity contribution < 1.29 is 14.3 Å². The Morgan fingerprint density at radius 1 is 0.963 bits per heavy atom. The summed E-state index contributed by atoms with van der Waals surface area (Å²) in [4.78, 5) is 34.5. The number of ether oxygens (including phenoxy) is 1. The molecule has 3 heterocycles. The zero-order valence-electron chi connectivity index (χ0n) is 15.1. The van der Waals surface area contributed by atoms with Gasteiger partial charge in [-0.2, -0.15) is 0 Å². The largest absolute Gasteiger partial charge is 0.378 e. The number of amides is 3. The number of anilines is 1. The SMILES string of the molecule is NC(=O)c1ccc2cncc(N3CCN(C(=O)N4CCOCC4)CC3)c2c1. The second-order valence-electron chi connectivity index (χ2n) is 6.81. The molecule has 2 aromatic rings. The van der Waals surface area contributed by atoms with Gasteiger partial charge in [-0.15, -0.1) is 0 Å². The third-order valence-electron chi connectivity index (χ3n) is 5.20. The molecule has 2 aliphatic heterocycles. The zero-order valence-corrected chi connectivity index (χ0v) is 15.1. The number of pyridine rings is 1. The first-order chi connectivity index (χ1) is 13.1. The van der Waals surface area contributed by atoms with Crippen molar-refractivity contribution in [3.8, 4) is 0 Å². The fraction of sp³-hybridized carbons (Fsp3) is 0.421. The lowest BCUT2D eigenvalue weighted by Gasteiger charge is -2.39. The van der Waals surface area contributed by atoms with Crippen LogP contribution in [-0.4, -0.2) is 79.2 Å². The number of nitrogens with two attached hydrogens (primary N) is 1. The number of morpholine rings is 1. The number of carbonyl (C=O) groups is 2. The van der Waals surface area contributed by atoms with Crippen molar-refractivity contribution in [2.24, 2.45) is 5.73 Å². The maximum absolute atomic E-state index is 12.6. The second kappa shape index (κ2) is 7.40. The van der Waals surface area contributed by atoms with E-state index in [2.05, 4.69) is 9.88 Å². The lowest BCUT2D eigenvalue weighted by molar-refractivity contribution is 0.0428. The van der Waals surface area contributed by atoms with E-state index in [1.54, 1.807) is 12.3 Å². The summed E-state index contributed by atoms with van der Waals surface area (Å²) in [5, 5.41) is 1.92. The molecule has 8 nitrogen and oxygen atoms in total. The number of carbonyl (C=O) groups excluding carboxylic acids is 2. The number of urea groups is 1.